The van der Waals surface area contributed by atoms with Crippen LogP contribution in [0.15, 0.2) is 12.1 Å². The van der Waals surface area contributed by atoms with Crippen molar-refractivity contribution in [3.8, 4) is 0 Å². The van der Waals surface area contributed by atoms with Crippen molar-refractivity contribution >= 4 is 21.4 Å². The van der Waals surface area contributed by atoms with Gasteiger partial charge in [0.25, 0.3) is 0 Å². The van der Waals surface area contributed by atoms with Crippen LogP contribution >= 0.6 is 11.3 Å². The molecule has 1 N–H and O–H groups in total. The fourth-order valence-corrected chi connectivity index (χ4v) is 4.88. The van der Waals surface area contributed by atoms with Gasteiger partial charge in [0.2, 0.25) is 10.0 Å². The van der Waals surface area contributed by atoms with E-state index in [1.807, 2.05) is 11.3 Å². The second-order valence-corrected chi connectivity index (χ2v) is 9.66. The molecular weight excluding hydrogens is 320 g/mol. The second-order valence-electron chi connectivity index (χ2n) is 6.45. The minimum Gasteiger partial charge on any atom is -0.376 e. The summed E-state index contributed by atoms with van der Waals surface area (Å²) in [6.45, 7) is 6.40. The molecule has 7 heteroatoms. The third-order valence-corrected chi connectivity index (χ3v) is 6.29. The number of thiophene rings is 1. The molecule has 1 aromatic rings. The zero-order chi connectivity index (χ0) is 15.7. The molecule has 3 atom stereocenters. The van der Waals surface area contributed by atoms with Crippen molar-refractivity contribution in [2.24, 2.45) is 11.8 Å². The summed E-state index contributed by atoms with van der Waals surface area (Å²) in [5.41, 5.74) is 0. The highest BCUT2D eigenvalue weighted by atomic mass is 32.2. The number of fused-ring (bicyclic) bond motifs is 1. The number of hydrogen-bond acceptors (Lipinski definition) is 5. The van der Waals surface area contributed by atoms with Crippen LogP contribution in [0.2, 0.25) is 0 Å². The third kappa shape index (κ3) is 4.08. The van der Waals surface area contributed by atoms with Gasteiger partial charge in [-0.2, -0.15) is 0 Å². The standard InChI is InChI=1S/C15H24N2O3S2/c1-11-3-4-13(21-11)8-17-6-5-12-10-20-15(14(12)9-17)7-16-22(2,18)19/h3-4,12,14-16H,5-10H2,1-2H3/t12-,14-,15+/m1/s1. The second kappa shape index (κ2) is 6.57. The van der Waals surface area contributed by atoms with Crippen molar-refractivity contribution in [1.82, 2.24) is 9.62 Å². The average Bonchev–Trinajstić information content (AvgIpc) is 3.02. The molecule has 0 spiro atoms. The number of nitrogens with one attached hydrogen (secondary N) is 1. The first-order valence-corrected chi connectivity index (χ1v) is 10.5. The van der Waals surface area contributed by atoms with Crippen molar-refractivity contribution in [2.75, 3.05) is 32.5 Å². The monoisotopic (exact) mass is 344 g/mol. The molecule has 22 heavy (non-hydrogen) atoms. The van der Waals surface area contributed by atoms with Crippen molar-refractivity contribution in [2.45, 2.75) is 26.0 Å². The lowest BCUT2D eigenvalue weighted by atomic mass is 9.84. The molecule has 2 aliphatic rings. The van der Waals surface area contributed by atoms with Crippen LogP contribution in [0.25, 0.3) is 0 Å². The molecule has 0 aromatic carbocycles. The topological polar surface area (TPSA) is 58.6 Å². The van der Waals surface area contributed by atoms with E-state index >= 15 is 0 Å². The lowest BCUT2D eigenvalue weighted by Gasteiger charge is -2.35. The Labute approximate surface area is 136 Å². The van der Waals surface area contributed by atoms with Crippen molar-refractivity contribution in [3.63, 3.8) is 0 Å². The summed E-state index contributed by atoms with van der Waals surface area (Å²) < 4.78 is 31.0. The van der Waals surface area contributed by atoms with Crippen LogP contribution in [0.3, 0.4) is 0 Å². The highest BCUT2D eigenvalue weighted by Crippen LogP contribution is 2.34. The lowest BCUT2D eigenvalue weighted by Crippen LogP contribution is -2.44. The lowest BCUT2D eigenvalue weighted by molar-refractivity contribution is 0.0779. The van der Waals surface area contributed by atoms with E-state index in [0.29, 0.717) is 18.4 Å². The Morgan fingerprint density at radius 1 is 1.45 bits per heavy atom. The molecule has 5 nitrogen and oxygen atoms in total. The maximum atomic E-state index is 11.3. The maximum Gasteiger partial charge on any atom is 0.208 e. The summed E-state index contributed by atoms with van der Waals surface area (Å²) in [6, 6.07) is 4.38. The zero-order valence-corrected chi connectivity index (χ0v) is 14.8. The first kappa shape index (κ1) is 16.4. The number of nitrogens with zero attached hydrogens (tertiary/aromatic N) is 1. The van der Waals surface area contributed by atoms with Crippen LogP contribution in [-0.2, 0) is 21.3 Å². The first-order valence-electron chi connectivity index (χ1n) is 7.74. The molecule has 0 bridgehead atoms. The fraction of sp³-hybridized carbons (Fsp3) is 0.733. The average molecular weight is 345 g/mol. The highest BCUT2D eigenvalue weighted by molar-refractivity contribution is 7.88. The van der Waals surface area contributed by atoms with E-state index in [2.05, 4.69) is 28.7 Å². The minimum atomic E-state index is -3.15. The summed E-state index contributed by atoms with van der Waals surface area (Å²) in [7, 11) is -3.15. The number of ether oxygens (including phenoxy) is 1. The summed E-state index contributed by atoms with van der Waals surface area (Å²) in [6.07, 6.45) is 2.35. The fourth-order valence-electron chi connectivity index (χ4n) is 3.48. The van der Waals surface area contributed by atoms with Crippen LogP contribution in [0, 0.1) is 18.8 Å². The predicted molar refractivity (Wildman–Crippen MR) is 88.5 cm³/mol. The predicted octanol–water partition coefficient (Wildman–Crippen LogP) is 1.44. The van der Waals surface area contributed by atoms with Gasteiger partial charge >= 0.3 is 0 Å². The van der Waals surface area contributed by atoms with Gasteiger partial charge in [-0.05, 0) is 37.9 Å². The summed E-state index contributed by atoms with van der Waals surface area (Å²) in [5, 5.41) is 0. The van der Waals surface area contributed by atoms with E-state index in [9.17, 15) is 8.42 Å². The summed E-state index contributed by atoms with van der Waals surface area (Å²) in [4.78, 5) is 5.24. The summed E-state index contributed by atoms with van der Waals surface area (Å²) in [5.74, 6) is 1.01. The van der Waals surface area contributed by atoms with Crippen molar-refractivity contribution < 1.29 is 13.2 Å². The van der Waals surface area contributed by atoms with Crippen LogP contribution in [-0.4, -0.2) is 51.9 Å². The first-order chi connectivity index (χ1) is 10.4. The molecule has 1 aromatic heterocycles. The quantitative estimate of drug-likeness (QED) is 0.878. The molecule has 124 valence electrons. The van der Waals surface area contributed by atoms with Crippen LogP contribution in [0.4, 0.5) is 0 Å². The Kier molecular flexibility index (Phi) is 4.89. The Morgan fingerprint density at radius 2 is 2.27 bits per heavy atom. The molecule has 2 aliphatic heterocycles. The van der Waals surface area contributed by atoms with Crippen LogP contribution in [0.5, 0.6) is 0 Å². The van der Waals surface area contributed by atoms with Crippen LogP contribution < -0.4 is 4.72 Å². The zero-order valence-electron chi connectivity index (χ0n) is 13.1. The normalized spacial score (nSPS) is 29.6. The van der Waals surface area contributed by atoms with Crippen LogP contribution in [0.1, 0.15) is 16.2 Å². The van der Waals surface area contributed by atoms with E-state index in [1.165, 1.54) is 16.0 Å². The number of rotatable bonds is 5. The number of piperidine rings is 1. The van der Waals surface area contributed by atoms with E-state index in [1.54, 1.807) is 0 Å². The number of hydrogen-bond donors (Lipinski definition) is 1. The SMILES string of the molecule is Cc1ccc(CN2CC[C@@H]3CO[C@@H](CNS(C)(=O)=O)[C@@H]3C2)s1. The van der Waals surface area contributed by atoms with E-state index < -0.39 is 10.0 Å². The Balaban J connectivity index is 1.58. The minimum absolute atomic E-state index is 0.00703. The molecule has 2 fully saturated rings. The molecule has 3 rings (SSSR count). The highest BCUT2D eigenvalue weighted by Gasteiger charge is 2.40. The van der Waals surface area contributed by atoms with Gasteiger partial charge in [0.15, 0.2) is 0 Å². The Bertz CT molecular complexity index is 614. The number of sulfonamides is 1. The van der Waals surface area contributed by atoms with Gasteiger partial charge in [0, 0.05) is 35.3 Å². The van der Waals surface area contributed by atoms with E-state index in [0.717, 1.165) is 32.7 Å². The molecule has 0 saturated carbocycles. The van der Waals surface area contributed by atoms with Gasteiger partial charge in [-0.15, -0.1) is 11.3 Å². The molecule has 3 heterocycles. The van der Waals surface area contributed by atoms with E-state index in [-0.39, 0.29) is 6.10 Å². The third-order valence-electron chi connectivity index (χ3n) is 4.61. The van der Waals surface area contributed by atoms with E-state index in [4.69, 9.17) is 4.74 Å². The molecule has 0 amide bonds. The van der Waals surface area contributed by atoms with Crippen molar-refractivity contribution in [1.29, 1.82) is 0 Å². The summed E-state index contributed by atoms with van der Waals surface area (Å²) >= 11 is 1.86. The largest absolute Gasteiger partial charge is 0.376 e. The maximum absolute atomic E-state index is 11.3. The Hall–Kier alpha value is -0.470. The van der Waals surface area contributed by atoms with Gasteiger partial charge in [-0.25, -0.2) is 13.1 Å². The van der Waals surface area contributed by atoms with Gasteiger partial charge in [0.05, 0.1) is 19.0 Å². The molecule has 2 saturated heterocycles. The molecule has 0 unspecified atom stereocenters. The number of aryl methyl sites for hydroxylation is 1. The molecule has 0 aliphatic carbocycles. The van der Waals surface area contributed by atoms with Gasteiger partial charge in [0.1, 0.15) is 0 Å². The smallest absolute Gasteiger partial charge is 0.208 e. The van der Waals surface area contributed by atoms with Gasteiger partial charge < -0.3 is 4.74 Å². The van der Waals surface area contributed by atoms with Gasteiger partial charge in [-0.1, -0.05) is 0 Å². The molecule has 0 radical (unpaired) electrons. The van der Waals surface area contributed by atoms with Gasteiger partial charge in [-0.3, -0.25) is 4.90 Å². The number of likely N-dealkylation sites (tertiary alicyclic amines) is 1. The van der Waals surface area contributed by atoms with Crippen molar-refractivity contribution in [3.05, 3.63) is 21.9 Å². The Morgan fingerprint density at radius 3 is 2.95 bits per heavy atom. The molecular formula is C15H24N2O3S2.